The summed E-state index contributed by atoms with van der Waals surface area (Å²) >= 11 is 0. The third kappa shape index (κ3) is 1.72. The van der Waals surface area contributed by atoms with Crippen LogP contribution < -0.4 is 0 Å². The van der Waals surface area contributed by atoms with Crippen molar-refractivity contribution in [2.24, 2.45) is 10.9 Å². The molecular weight excluding hydrogens is 126 g/mol. The molecule has 0 bridgehead atoms. The first-order chi connectivity index (χ1) is 4.84. The summed E-state index contributed by atoms with van der Waals surface area (Å²) in [6.45, 7) is 6.02. The Morgan fingerprint density at radius 1 is 1.70 bits per heavy atom. The van der Waals surface area contributed by atoms with E-state index in [1.165, 1.54) is 12.8 Å². The molecule has 1 rings (SSSR count). The molecule has 0 aromatic heterocycles. The van der Waals surface area contributed by atoms with Crippen molar-refractivity contribution in [3.05, 3.63) is 0 Å². The molecule has 1 unspecified atom stereocenters. The molecule has 0 spiro atoms. The largest absolute Gasteiger partial charge is 0.479 e. The predicted molar refractivity (Wildman–Crippen MR) is 42.3 cm³/mol. The van der Waals surface area contributed by atoms with Gasteiger partial charge in [0.2, 0.25) is 0 Å². The maximum Gasteiger partial charge on any atom is 0.186 e. The van der Waals surface area contributed by atoms with Crippen molar-refractivity contribution in [2.45, 2.75) is 26.7 Å². The summed E-state index contributed by atoms with van der Waals surface area (Å²) < 4.78 is 5.32. The van der Waals surface area contributed by atoms with E-state index in [-0.39, 0.29) is 0 Å². The van der Waals surface area contributed by atoms with Crippen LogP contribution >= 0.6 is 0 Å². The fourth-order valence-corrected chi connectivity index (χ4v) is 1.21. The SMILES string of the molecule is CCCC(C)C1=NCCO1. The maximum atomic E-state index is 5.32. The first-order valence-electron chi connectivity index (χ1n) is 4.01. The van der Waals surface area contributed by atoms with Crippen LogP contribution in [0.1, 0.15) is 26.7 Å². The van der Waals surface area contributed by atoms with Crippen molar-refractivity contribution >= 4 is 5.90 Å². The minimum Gasteiger partial charge on any atom is -0.479 e. The van der Waals surface area contributed by atoms with Crippen molar-refractivity contribution < 1.29 is 4.74 Å². The van der Waals surface area contributed by atoms with E-state index in [4.69, 9.17) is 4.74 Å². The summed E-state index contributed by atoms with van der Waals surface area (Å²) in [7, 11) is 0. The van der Waals surface area contributed by atoms with Gasteiger partial charge in [-0.3, -0.25) is 4.99 Å². The summed E-state index contributed by atoms with van der Waals surface area (Å²) in [6, 6.07) is 0. The van der Waals surface area contributed by atoms with Gasteiger partial charge in [0.05, 0.1) is 6.54 Å². The van der Waals surface area contributed by atoms with Crippen LogP contribution in [0, 0.1) is 5.92 Å². The van der Waals surface area contributed by atoms with Gasteiger partial charge in [0, 0.05) is 5.92 Å². The number of hydrogen-bond donors (Lipinski definition) is 0. The summed E-state index contributed by atoms with van der Waals surface area (Å²) in [5.41, 5.74) is 0. The molecule has 1 atom stereocenters. The van der Waals surface area contributed by atoms with E-state index in [1.807, 2.05) is 0 Å². The lowest BCUT2D eigenvalue weighted by Crippen LogP contribution is -2.10. The van der Waals surface area contributed by atoms with E-state index in [1.54, 1.807) is 0 Å². The first kappa shape index (κ1) is 7.58. The highest BCUT2D eigenvalue weighted by Gasteiger charge is 2.14. The Bertz CT molecular complexity index is 131. The molecule has 1 aliphatic heterocycles. The highest BCUT2D eigenvalue weighted by molar-refractivity contribution is 5.79. The van der Waals surface area contributed by atoms with E-state index in [2.05, 4.69) is 18.8 Å². The molecule has 0 saturated carbocycles. The smallest absolute Gasteiger partial charge is 0.186 e. The Hall–Kier alpha value is -0.530. The van der Waals surface area contributed by atoms with Gasteiger partial charge in [-0.1, -0.05) is 20.3 Å². The van der Waals surface area contributed by atoms with Crippen LogP contribution in [-0.2, 0) is 4.74 Å². The average Bonchev–Trinajstić information content (AvgIpc) is 2.38. The highest BCUT2D eigenvalue weighted by atomic mass is 16.5. The monoisotopic (exact) mass is 141 g/mol. The highest BCUT2D eigenvalue weighted by Crippen LogP contribution is 2.11. The minimum atomic E-state index is 0.535. The zero-order valence-electron chi connectivity index (χ0n) is 6.76. The fraction of sp³-hybridized carbons (Fsp3) is 0.875. The molecule has 1 aliphatic rings. The molecule has 2 nitrogen and oxygen atoms in total. The standard InChI is InChI=1S/C8H15NO/c1-3-4-7(2)8-9-5-6-10-8/h7H,3-6H2,1-2H3. The van der Waals surface area contributed by atoms with Gasteiger partial charge in [0.25, 0.3) is 0 Å². The summed E-state index contributed by atoms with van der Waals surface area (Å²) in [5.74, 6) is 1.51. The molecule has 10 heavy (non-hydrogen) atoms. The van der Waals surface area contributed by atoms with Gasteiger partial charge < -0.3 is 4.74 Å². The Labute approximate surface area is 62.3 Å². The van der Waals surface area contributed by atoms with Crippen molar-refractivity contribution in [1.82, 2.24) is 0 Å². The lowest BCUT2D eigenvalue weighted by atomic mass is 10.1. The normalized spacial score (nSPS) is 20.0. The second-order valence-corrected chi connectivity index (χ2v) is 2.76. The molecule has 0 aromatic carbocycles. The van der Waals surface area contributed by atoms with E-state index in [0.717, 1.165) is 19.0 Å². The maximum absolute atomic E-state index is 5.32. The van der Waals surface area contributed by atoms with E-state index < -0.39 is 0 Å². The van der Waals surface area contributed by atoms with Crippen molar-refractivity contribution in [3.63, 3.8) is 0 Å². The molecule has 0 amide bonds. The van der Waals surface area contributed by atoms with E-state index in [0.29, 0.717) is 5.92 Å². The average molecular weight is 141 g/mol. The molecule has 0 aliphatic carbocycles. The fourth-order valence-electron chi connectivity index (χ4n) is 1.21. The second-order valence-electron chi connectivity index (χ2n) is 2.76. The Morgan fingerprint density at radius 3 is 3.00 bits per heavy atom. The minimum absolute atomic E-state index is 0.535. The predicted octanol–water partition coefficient (Wildman–Crippen LogP) is 1.85. The van der Waals surface area contributed by atoms with Crippen LogP contribution in [0.3, 0.4) is 0 Å². The van der Waals surface area contributed by atoms with Crippen LogP contribution in [-0.4, -0.2) is 19.0 Å². The Balaban J connectivity index is 2.32. The lowest BCUT2D eigenvalue weighted by Gasteiger charge is -2.08. The number of ether oxygens (including phenoxy) is 1. The van der Waals surface area contributed by atoms with Crippen LogP contribution in [0.4, 0.5) is 0 Å². The van der Waals surface area contributed by atoms with Gasteiger partial charge in [0.1, 0.15) is 6.61 Å². The number of aliphatic imine (C=N–C) groups is 1. The Kier molecular flexibility index (Phi) is 2.72. The summed E-state index contributed by atoms with van der Waals surface area (Å²) in [6.07, 6.45) is 2.41. The van der Waals surface area contributed by atoms with Crippen LogP contribution in [0.15, 0.2) is 4.99 Å². The van der Waals surface area contributed by atoms with Crippen LogP contribution in [0.2, 0.25) is 0 Å². The number of rotatable bonds is 3. The molecule has 0 radical (unpaired) electrons. The molecule has 0 saturated heterocycles. The topological polar surface area (TPSA) is 21.6 Å². The third-order valence-electron chi connectivity index (χ3n) is 1.75. The van der Waals surface area contributed by atoms with Gasteiger partial charge >= 0.3 is 0 Å². The van der Waals surface area contributed by atoms with E-state index in [9.17, 15) is 0 Å². The Morgan fingerprint density at radius 2 is 2.50 bits per heavy atom. The molecule has 0 aromatic rings. The number of nitrogens with zero attached hydrogens (tertiary/aromatic N) is 1. The molecular formula is C8H15NO. The third-order valence-corrected chi connectivity index (χ3v) is 1.75. The van der Waals surface area contributed by atoms with Crippen LogP contribution in [0.5, 0.6) is 0 Å². The van der Waals surface area contributed by atoms with Gasteiger partial charge in [-0.25, -0.2) is 0 Å². The van der Waals surface area contributed by atoms with Gasteiger partial charge in [-0.05, 0) is 6.42 Å². The summed E-state index contributed by atoms with van der Waals surface area (Å²) in [4.78, 5) is 4.25. The quantitative estimate of drug-likeness (QED) is 0.587. The molecule has 58 valence electrons. The molecule has 0 N–H and O–H groups in total. The zero-order chi connectivity index (χ0) is 7.40. The second kappa shape index (κ2) is 3.59. The zero-order valence-corrected chi connectivity index (χ0v) is 6.76. The van der Waals surface area contributed by atoms with Gasteiger partial charge in [0.15, 0.2) is 5.90 Å². The summed E-state index contributed by atoms with van der Waals surface area (Å²) in [5, 5.41) is 0. The molecule has 1 heterocycles. The van der Waals surface area contributed by atoms with Crippen LogP contribution in [0.25, 0.3) is 0 Å². The first-order valence-corrected chi connectivity index (χ1v) is 4.01. The van der Waals surface area contributed by atoms with E-state index >= 15 is 0 Å². The lowest BCUT2D eigenvalue weighted by molar-refractivity contribution is 0.321. The van der Waals surface area contributed by atoms with Crippen molar-refractivity contribution in [1.29, 1.82) is 0 Å². The number of hydrogen-bond acceptors (Lipinski definition) is 2. The van der Waals surface area contributed by atoms with Gasteiger partial charge in [-0.2, -0.15) is 0 Å². The van der Waals surface area contributed by atoms with Crippen molar-refractivity contribution in [2.75, 3.05) is 13.2 Å². The molecule has 0 fully saturated rings. The molecule has 2 heteroatoms. The van der Waals surface area contributed by atoms with Crippen molar-refractivity contribution in [3.8, 4) is 0 Å². The van der Waals surface area contributed by atoms with Gasteiger partial charge in [-0.15, -0.1) is 0 Å².